The fraction of sp³-hybridized carbons (Fsp3) is 0.174. The zero-order valence-corrected chi connectivity index (χ0v) is 15.5. The molecule has 1 aliphatic rings. The van der Waals surface area contributed by atoms with Crippen molar-refractivity contribution in [2.75, 3.05) is 13.1 Å². The summed E-state index contributed by atoms with van der Waals surface area (Å²) < 4.78 is 1.34. The molecule has 0 radical (unpaired) electrons. The second-order valence-electron chi connectivity index (χ2n) is 6.80. The lowest BCUT2D eigenvalue weighted by molar-refractivity contribution is 0.0764. The summed E-state index contributed by atoms with van der Waals surface area (Å²) in [6, 6.07) is 22.8. The average molecular weight is 371 g/mol. The van der Waals surface area contributed by atoms with E-state index >= 15 is 0 Å². The summed E-state index contributed by atoms with van der Waals surface area (Å²) in [7, 11) is 0. The highest BCUT2D eigenvalue weighted by Crippen LogP contribution is 2.22. The minimum absolute atomic E-state index is 0.148. The van der Waals surface area contributed by atoms with Crippen molar-refractivity contribution < 1.29 is 4.79 Å². The Morgan fingerprint density at radius 3 is 2.32 bits per heavy atom. The first-order valence-electron chi connectivity index (χ1n) is 9.36. The van der Waals surface area contributed by atoms with Crippen molar-refractivity contribution in [1.29, 1.82) is 0 Å². The molecule has 4 rings (SSSR count). The van der Waals surface area contributed by atoms with E-state index in [0.717, 1.165) is 12.0 Å². The zero-order valence-electron chi connectivity index (χ0n) is 15.5. The van der Waals surface area contributed by atoms with Crippen LogP contribution in [-0.2, 0) is 6.54 Å². The second-order valence-corrected chi connectivity index (χ2v) is 6.80. The standard InChI is InChI=1S/C23H21N3O2/c27-22-12-11-21(24-26(22)17-18-7-3-1-4-8-18)23(28)25-15-13-20(14-16-25)19-9-5-2-6-10-19/h1-13H,14-17H2. The number of aromatic nitrogens is 2. The van der Waals surface area contributed by atoms with Gasteiger partial charge in [-0.1, -0.05) is 66.7 Å². The summed E-state index contributed by atoms with van der Waals surface area (Å²) in [5.74, 6) is -0.148. The van der Waals surface area contributed by atoms with Crippen LogP contribution in [0.4, 0.5) is 0 Å². The summed E-state index contributed by atoms with van der Waals surface area (Å²) in [6.45, 7) is 1.53. The van der Waals surface area contributed by atoms with Gasteiger partial charge < -0.3 is 4.90 Å². The molecule has 1 amide bonds. The van der Waals surface area contributed by atoms with Crippen LogP contribution >= 0.6 is 0 Å². The first-order chi connectivity index (χ1) is 13.7. The molecule has 1 aliphatic heterocycles. The molecular weight excluding hydrogens is 350 g/mol. The molecule has 2 heterocycles. The first-order valence-corrected chi connectivity index (χ1v) is 9.36. The van der Waals surface area contributed by atoms with Gasteiger partial charge in [-0.15, -0.1) is 0 Å². The minimum atomic E-state index is -0.217. The third-order valence-electron chi connectivity index (χ3n) is 4.90. The summed E-state index contributed by atoms with van der Waals surface area (Å²) in [4.78, 5) is 26.8. The fourth-order valence-corrected chi connectivity index (χ4v) is 3.36. The lowest BCUT2D eigenvalue weighted by Crippen LogP contribution is -2.36. The monoisotopic (exact) mass is 371 g/mol. The Kier molecular flexibility index (Phi) is 5.15. The highest BCUT2D eigenvalue weighted by Gasteiger charge is 2.21. The van der Waals surface area contributed by atoms with Gasteiger partial charge in [0.2, 0.25) is 0 Å². The Hall–Kier alpha value is -3.47. The van der Waals surface area contributed by atoms with Crippen LogP contribution in [0.2, 0.25) is 0 Å². The molecule has 140 valence electrons. The highest BCUT2D eigenvalue weighted by atomic mass is 16.2. The molecule has 0 aliphatic carbocycles. The molecular formula is C23H21N3O2. The number of benzene rings is 2. The lowest BCUT2D eigenvalue weighted by atomic mass is 9.99. The Morgan fingerprint density at radius 2 is 1.64 bits per heavy atom. The van der Waals surface area contributed by atoms with Gasteiger partial charge >= 0.3 is 0 Å². The van der Waals surface area contributed by atoms with Crippen molar-refractivity contribution in [3.8, 4) is 0 Å². The number of carbonyl (C=O) groups excluding carboxylic acids is 1. The van der Waals surface area contributed by atoms with Crippen molar-refractivity contribution in [3.05, 3.63) is 106 Å². The van der Waals surface area contributed by atoms with Crippen LogP contribution in [0.3, 0.4) is 0 Å². The molecule has 3 aromatic rings. The van der Waals surface area contributed by atoms with Gasteiger partial charge in [0.05, 0.1) is 6.54 Å². The van der Waals surface area contributed by atoms with Gasteiger partial charge in [0.15, 0.2) is 0 Å². The van der Waals surface area contributed by atoms with Crippen molar-refractivity contribution in [3.63, 3.8) is 0 Å². The number of amides is 1. The number of carbonyl (C=O) groups is 1. The first kappa shape index (κ1) is 17.9. The third kappa shape index (κ3) is 3.93. The zero-order chi connectivity index (χ0) is 19.3. The van der Waals surface area contributed by atoms with E-state index in [1.54, 1.807) is 4.90 Å². The quantitative estimate of drug-likeness (QED) is 0.708. The molecule has 2 aromatic carbocycles. The molecule has 0 spiro atoms. The summed E-state index contributed by atoms with van der Waals surface area (Å²) in [6.07, 6.45) is 2.90. The van der Waals surface area contributed by atoms with E-state index in [4.69, 9.17) is 0 Å². The van der Waals surface area contributed by atoms with Crippen molar-refractivity contribution in [1.82, 2.24) is 14.7 Å². The van der Waals surface area contributed by atoms with Gasteiger partial charge in [0.25, 0.3) is 11.5 Å². The number of rotatable bonds is 4. The van der Waals surface area contributed by atoms with Crippen LogP contribution in [0.1, 0.15) is 28.0 Å². The van der Waals surface area contributed by atoms with Gasteiger partial charge in [-0.3, -0.25) is 9.59 Å². The van der Waals surface area contributed by atoms with Gasteiger partial charge in [0.1, 0.15) is 5.69 Å². The Labute approximate surface area is 163 Å². The maximum absolute atomic E-state index is 12.9. The Balaban J connectivity index is 1.50. The van der Waals surface area contributed by atoms with Crippen LogP contribution in [0.25, 0.3) is 5.57 Å². The molecule has 0 saturated carbocycles. The molecule has 0 N–H and O–H groups in total. The molecule has 0 unspecified atom stereocenters. The smallest absolute Gasteiger partial charge is 0.274 e. The van der Waals surface area contributed by atoms with E-state index in [9.17, 15) is 9.59 Å². The number of nitrogens with zero attached hydrogens (tertiary/aromatic N) is 3. The molecule has 28 heavy (non-hydrogen) atoms. The van der Waals surface area contributed by atoms with Gasteiger partial charge in [-0.05, 0) is 29.2 Å². The van der Waals surface area contributed by atoms with Crippen LogP contribution < -0.4 is 5.56 Å². The lowest BCUT2D eigenvalue weighted by Gasteiger charge is -2.26. The number of hydrogen-bond donors (Lipinski definition) is 0. The van der Waals surface area contributed by atoms with Crippen molar-refractivity contribution >= 4 is 11.5 Å². The van der Waals surface area contributed by atoms with E-state index in [1.807, 2.05) is 48.5 Å². The van der Waals surface area contributed by atoms with Crippen LogP contribution in [0.5, 0.6) is 0 Å². The largest absolute Gasteiger partial charge is 0.333 e. The fourth-order valence-electron chi connectivity index (χ4n) is 3.36. The minimum Gasteiger partial charge on any atom is -0.333 e. The maximum atomic E-state index is 12.9. The van der Waals surface area contributed by atoms with E-state index in [0.29, 0.717) is 25.3 Å². The van der Waals surface area contributed by atoms with E-state index in [2.05, 4.69) is 23.3 Å². The van der Waals surface area contributed by atoms with Crippen molar-refractivity contribution in [2.45, 2.75) is 13.0 Å². The molecule has 0 bridgehead atoms. The van der Waals surface area contributed by atoms with Crippen LogP contribution in [0.15, 0.2) is 83.7 Å². The Bertz CT molecular complexity index is 1060. The van der Waals surface area contributed by atoms with Crippen molar-refractivity contribution in [2.24, 2.45) is 0 Å². The normalized spacial score (nSPS) is 13.9. The Morgan fingerprint density at radius 1 is 0.929 bits per heavy atom. The topological polar surface area (TPSA) is 55.2 Å². The predicted molar refractivity (Wildman–Crippen MR) is 109 cm³/mol. The number of hydrogen-bond acceptors (Lipinski definition) is 3. The van der Waals surface area contributed by atoms with E-state index < -0.39 is 0 Å². The SMILES string of the molecule is O=C(c1ccc(=O)n(Cc2ccccc2)n1)N1CC=C(c2ccccc2)CC1. The van der Waals surface area contributed by atoms with E-state index in [-0.39, 0.29) is 11.5 Å². The third-order valence-corrected chi connectivity index (χ3v) is 4.90. The molecule has 0 atom stereocenters. The predicted octanol–water partition coefficient (Wildman–Crippen LogP) is 3.22. The summed E-state index contributed by atoms with van der Waals surface area (Å²) in [5.41, 5.74) is 3.50. The van der Waals surface area contributed by atoms with Crippen LogP contribution in [0, 0.1) is 0 Å². The molecule has 5 nitrogen and oxygen atoms in total. The maximum Gasteiger partial charge on any atom is 0.274 e. The molecule has 5 heteroatoms. The summed E-state index contributed by atoms with van der Waals surface area (Å²) in [5, 5.41) is 4.31. The second kappa shape index (κ2) is 8.05. The molecule has 0 fully saturated rings. The van der Waals surface area contributed by atoms with Gasteiger partial charge in [-0.25, -0.2) is 4.68 Å². The van der Waals surface area contributed by atoms with Gasteiger partial charge in [-0.2, -0.15) is 5.10 Å². The molecule has 1 aromatic heterocycles. The van der Waals surface area contributed by atoms with Crippen LogP contribution in [-0.4, -0.2) is 33.7 Å². The van der Waals surface area contributed by atoms with E-state index in [1.165, 1.54) is 28.0 Å². The highest BCUT2D eigenvalue weighted by molar-refractivity contribution is 5.92. The van der Waals surface area contributed by atoms with Gasteiger partial charge in [0, 0.05) is 19.2 Å². The summed E-state index contributed by atoms with van der Waals surface area (Å²) >= 11 is 0. The molecule has 0 saturated heterocycles. The average Bonchev–Trinajstić information content (AvgIpc) is 2.76.